The molecule has 10 nitrogen and oxygen atoms in total. The topological polar surface area (TPSA) is 139 Å². The van der Waals surface area contributed by atoms with E-state index in [0.29, 0.717) is 46.7 Å². The predicted octanol–water partition coefficient (Wildman–Crippen LogP) is 3.77. The van der Waals surface area contributed by atoms with Crippen LogP contribution in [0.4, 0.5) is 14.5 Å². The molecule has 6 rings (SSSR count). The summed E-state index contributed by atoms with van der Waals surface area (Å²) in [5.74, 6) is 4.33. The number of carbonyl (C=O) groups is 1. The number of hydrogen-bond donors (Lipinski definition) is 2. The van der Waals surface area contributed by atoms with Gasteiger partial charge in [0.1, 0.15) is 23.3 Å². The van der Waals surface area contributed by atoms with Crippen LogP contribution in [-0.2, 0) is 10.3 Å². The van der Waals surface area contributed by atoms with Crippen LogP contribution in [0.5, 0.6) is 5.75 Å². The number of rotatable bonds is 3. The first-order valence-electron chi connectivity index (χ1n) is 11.8. The van der Waals surface area contributed by atoms with Crippen LogP contribution in [0.3, 0.4) is 0 Å². The van der Waals surface area contributed by atoms with E-state index in [1.54, 1.807) is 24.3 Å². The molecule has 0 radical (unpaired) electrons. The van der Waals surface area contributed by atoms with Crippen LogP contribution in [0.2, 0.25) is 0 Å². The van der Waals surface area contributed by atoms with Gasteiger partial charge in [-0.3, -0.25) is 19.8 Å². The molecule has 1 aromatic carbocycles. The molecule has 3 aliphatic rings. The molecular weight excluding hydrogens is 508 g/mol. The maximum absolute atomic E-state index is 15.7. The molecule has 1 spiro atoms. The van der Waals surface area contributed by atoms with Gasteiger partial charge in [-0.2, -0.15) is 9.65 Å². The van der Waals surface area contributed by atoms with Gasteiger partial charge in [-0.15, -0.1) is 0 Å². The van der Waals surface area contributed by atoms with E-state index in [1.807, 2.05) is 6.07 Å². The fraction of sp³-hybridized carbons (Fsp3) is 0.148. The number of nitrogens with two attached hydrogens (primary N) is 1. The Bertz CT molecular complexity index is 1630. The standard InChI is InChI=1S/C27H19F2N7O3/c28-17-7-16(12-33-13-17)22-9-20-24(25(29)36(22)31)39-23-4-2-18(8-19(23)27(20)5-6-32-14-38-27)35-26(37)21-3-1-15(10-30)11-34-21/h1-4,7-9,11-14,22H,5-6,31H2,(H,35,37)/t22?,27-/m0/s1. The third kappa shape index (κ3) is 4.05. The van der Waals surface area contributed by atoms with Crippen molar-refractivity contribution in [1.82, 2.24) is 15.0 Å². The maximum Gasteiger partial charge on any atom is 0.274 e. The number of hydrogen-bond acceptors (Lipinski definition) is 9. The summed E-state index contributed by atoms with van der Waals surface area (Å²) < 4.78 is 41.8. The highest BCUT2D eigenvalue weighted by molar-refractivity contribution is 6.03. The molecule has 39 heavy (non-hydrogen) atoms. The highest BCUT2D eigenvalue weighted by Crippen LogP contribution is 2.54. The van der Waals surface area contributed by atoms with E-state index in [0.717, 1.165) is 11.2 Å². The van der Waals surface area contributed by atoms with Crippen LogP contribution in [0, 0.1) is 17.1 Å². The minimum Gasteiger partial charge on any atom is -0.467 e. The SMILES string of the molecule is N#Cc1ccc(C(=O)Nc2ccc3c(c2)[C@@]2(CCN=CO2)C2=CC(c4cncc(F)c4)N(N)C(F)=C2O3)nc1. The second-order valence-electron chi connectivity index (χ2n) is 9.01. The Morgan fingerprint density at radius 1 is 1.21 bits per heavy atom. The van der Waals surface area contributed by atoms with Crippen LogP contribution in [0.1, 0.15) is 39.6 Å². The lowest BCUT2D eigenvalue weighted by atomic mass is 9.77. The summed E-state index contributed by atoms with van der Waals surface area (Å²) in [5.41, 5.74) is 0.854. The fourth-order valence-corrected chi connectivity index (χ4v) is 4.84. The van der Waals surface area contributed by atoms with Crippen molar-refractivity contribution in [2.24, 2.45) is 10.8 Å². The summed E-state index contributed by atoms with van der Waals surface area (Å²) >= 11 is 0. The number of pyridine rings is 2. The Hall–Kier alpha value is -5.15. The van der Waals surface area contributed by atoms with Crippen molar-refractivity contribution in [3.8, 4) is 11.8 Å². The number of fused-ring (bicyclic) bond motifs is 4. The molecule has 12 heteroatoms. The van der Waals surface area contributed by atoms with Gasteiger partial charge in [0.2, 0.25) is 5.95 Å². The summed E-state index contributed by atoms with van der Waals surface area (Å²) in [7, 11) is 0. The number of halogens is 2. The number of benzene rings is 1. The van der Waals surface area contributed by atoms with E-state index in [4.69, 9.17) is 20.6 Å². The number of anilines is 1. The van der Waals surface area contributed by atoms with Gasteiger partial charge in [0, 0.05) is 47.7 Å². The zero-order valence-electron chi connectivity index (χ0n) is 20.1. The van der Waals surface area contributed by atoms with Crippen LogP contribution >= 0.6 is 0 Å². The number of aliphatic imine (C=N–C) groups is 1. The van der Waals surface area contributed by atoms with E-state index < -0.39 is 29.3 Å². The first-order valence-corrected chi connectivity index (χ1v) is 11.8. The first kappa shape index (κ1) is 24.2. The molecule has 0 saturated heterocycles. The van der Waals surface area contributed by atoms with Gasteiger partial charge >= 0.3 is 0 Å². The van der Waals surface area contributed by atoms with E-state index >= 15 is 4.39 Å². The molecule has 2 aromatic heterocycles. The third-order valence-corrected chi connectivity index (χ3v) is 6.72. The van der Waals surface area contributed by atoms with Crippen molar-refractivity contribution in [3.05, 3.63) is 107 Å². The first-order chi connectivity index (χ1) is 18.9. The number of nitrogens with one attached hydrogen (secondary N) is 1. The summed E-state index contributed by atoms with van der Waals surface area (Å²) in [4.78, 5) is 24.9. The zero-order valence-corrected chi connectivity index (χ0v) is 20.1. The maximum atomic E-state index is 15.7. The van der Waals surface area contributed by atoms with Crippen molar-refractivity contribution < 1.29 is 23.0 Å². The van der Waals surface area contributed by atoms with E-state index in [9.17, 15) is 9.18 Å². The van der Waals surface area contributed by atoms with Gasteiger partial charge in [-0.25, -0.2) is 15.2 Å². The van der Waals surface area contributed by atoms with E-state index in [2.05, 4.69) is 20.3 Å². The van der Waals surface area contributed by atoms with Crippen molar-refractivity contribution >= 4 is 18.0 Å². The average molecular weight is 527 g/mol. The lowest BCUT2D eigenvalue weighted by Gasteiger charge is -2.45. The summed E-state index contributed by atoms with van der Waals surface area (Å²) in [6.07, 6.45) is 7.04. The zero-order chi connectivity index (χ0) is 27.1. The lowest BCUT2D eigenvalue weighted by Crippen LogP contribution is -2.45. The molecule has 1 amide bonds. The Morgan fingerprint density at radius 3 is 2.79 bits per heavy atom. The minimum atomic E-state index is -1.23. The lowest BCUT2D eigenvalue weighted by molar-refractivity contribution is 0.0578. The van der Waals surface area contributed by atoms with Crippen molar-refractivity contribution in [2.75, 3.05) is 11.9 Å². The number of hydrazine groups is 1. The Morgan fingerprint density at radius 2 is 2.08 bits per heavy atom. The minimum absolute atomic E-state index is 0.121. The average Bonchev–Trinajstić information content (AvgIpc) is 2.96. The molecule has 3 aliphatic heterocycles. The summed E-state index contributed by atoms with van der Waals surface area (Å²) in [6.45, 7) is 0.371. The molecule has 0 bridgehead atoms. The Kier molecular flexibility index (Phi) is 5.77. The second kappa shape index (κ2) is 9.30. The van der Waals surface area contributed by atoms with Crippen molar-refractivity contribution in [3.63, 3.8) is 0 Å². The number of nitrogens with zero attached hydrogens (tertiary/aromatic N) is 5. The number of carbonyl (C=O) groups excluding carboxylic acids is 1. The summed E-state index contributed by atoms with van der Waals surface area (Å²) in [6, 6.07) is 10.1. The monoisotopic (exact) mass is 527 g/mol. The number of aromatic nitrogens is 2. The van der Waals surface area contributed by atoms with E-state index in [-0.39, 0.29) is 11.5 Å². The van der Waals surface area contributed by atoms with Crippen LogP contribution in [-0.4, -0.2) is 33.8 Å². The smallest absolute Gasteiger partial charge is 0.274 e. The second-order valence-corrected chi connectivity index (χ2v) is 9.01. The molecule has 5 heterocycles. The quantitative estimate of drug-likeness (QED) is 0.388. The summed E-state index contributed by atoms with van der Waals surface area (Å²) in [5, 5.41) is 12.6. The molecule has 0 saturated carbocycles. The molecular formula is C27H19F2N7O3. The van der Waals surface area contributed by atoms with Gasteiger partial charge in [0.15, 0.2) is 17.8 Å². The molecule has 0 aliphatic carbocycles. The van der Waals surface area contributed by atoms with E-state index in [1.165, 1.54) is 37.0 Å². The molecule has 3 N–H and O–H groups in total. The van der Waals surface area contributed by atoms with Gasteiger partial charge in [0.25, 0.3) is 5.91 Å². The normalized spacial score (nSPS) is 21.2. The van der Waals surface area contributed by atoms with Crippen molar-refractivity contribution in [1.29, 1.82) is 5.26 Å². The highest BCUT2D eigenvalue weighted by Gasteiger charge is 2.51. The fourth-order valence-electron chi connectivity index (χ4n) is 4.84. The van der Waals surface area contributed by atoms with Crippen LogP contribution in [0.15, 0.2) is 83.3 Å². The van der Waals surface area contributed by atoms with Gasteiger partial charge in [0.05, 0.1) is 17.8 Å². The van der Waals surface area contributed by atoms with Crippen molar-refractivity contribution in [2.45, 2.75) is 18.1 Å². The molecule has 1 unspecified atom stereocenters. The largest absolute Gasteiger partial charge is 0.467 e. The number of nitriles is 1. The number of ether oxygens (including phenoxy) is 2. The molecule has 194 valence electrons. The molecule has 2 atom stereocenters. The molecule has 3 aromatic rings. The highest BCUT2D eigenvalue weighted by atomic mass is 19.1. The van der Waals surface area contributed by atoms with Crippen LogP contribution < -0.4 is 15.9 Å². The Balaban J connectivity index is 1.43. The Labute approximate surface area is 220 Å². The molecule has 0 fully saturated rings. The van der Waals surface area contributed by atoms with Gasteiger partial charge in [-0.1, -0.05) is 0 Å². The third-order valence-electron chi connectivity index (χ3n) is 6.72. The van der Waals surface area contributed by atoms with Gasteiger partial charge in [-0.05, 0) is 42.5 Å². The van der Waals surface area contributed by atoms with Crippen LogP contribution in [0.25, 0.3) is 0 Å². The van der Waals surface area contributed by atoms with Gasteiger partial charge < -0.3 is 14.8 Å². The number of amides is 1. The predicted molar refractivity (Wildman–Crippen MR) is 134 cm³/mol.